The molecule has 1 amide bonds. The molecule has 6 nitrogen and oxygen atoms in total. The summed E-state index contributed by atoms with van der Waals surface area (Å²) in [5.41, 5.74) is -0.236. The summed E-state index contributed by atoms with van der Waals surface area (Å²) in [6.07, 6.45) is 5.24. The van der Waals surface area contributed by atoms with Gasteiger partial charge in [-0.2, -0.15) is 15.4 Å². The number of nitrogens with one attached hydrogen (secondary N) is 1. The average molecular weight is 264 g/mol. The minimum atomic E-state index is -0.595. The van der Waals surface area contributed by atoms with E-state index in [1.807, 2.05) is 11.8 Å². The molecule has 1 aliphatic heterocycles. The number of H-pyrrole nitrogens is 1. The Labute approximate surface area is 112 Å². The van der Waals surface area contributed by atoms with Crippen molar-refractivity contribution in [1.82, 2.24) is 20.3 Å². The summed E-state index contributed by atoms with van der Waals surface area (Å²) in [5.74, 6) is 0.554. The smallest absolute Gasteiger partial charge is 0.276 e. The monoisotopic (exact) mass is 264 g/mol. The Balaban J connectivity index is 1.77. The Morgan fingerprint density at radius 3 is 3.16 bits per heavy atom. The highest BCUT2D eigenvalue weighted by Crippen LogP contribution is 2.44. The van der Waals surface area contributed by atoms with E-state index in [1.165, 1.54) is 6.20 Å². The molecule has 0 radical (unpaired) electrons. The van der Waals surface area contributed by atoms with E-state index in [0.717, 1.165) is 32.2 Å². The lowest BCUT2D eigenvalue weighted by atomic mass is 9.69. The van der Waals surface area contributed by atoms with Crippen molar-refractivity contribution in [2.45, 2.75) is 38.2 Å². The summed E-state index contributed by atoms with van der Waals surface area (Å²) < 4.78 is 0. The van der Waals surface area contributed by atoms with Crippen LogP contribution in [0.15, 0.2) is 6.20 Å². The molecule has 1 aromatic heterocycles. The summed E-state index contributed by atoms with van der Waals surface area (Å²) in [6, 6.07) is 0. The first-order chi connectivity index (χ1) is 9.14. The van der Waals surface area contributed by atoms with Crippen LogP contribution < -0.4 is 0 Å². The maximum Gasteiger partial charge on any atom is 0.276 e. The molecule has 2 N–H and O–H groups in total. The van der Waals surface area contributed by atoms with E-state index in [4.69, 9.17) is 0 Å². The number of aliphatic hydroxyl groups is 1. The number of aromatic amines is 1. The van der Waals surface area contributed by atoms with Crippen LogP contribution in [0, 0.1) is 11.8 Å². The van der Waals surface area contributed by atoms with Crippen LogP contribution in [0.25, 0.3) is 0 Å². The first-order valence-corrected chi connectivity index (χ1v) is 7.01. The van der Waals surface area contributed by atoms with Crippen LogP contribution in [0.2, 0.25) is 0 Å². The highest BCUT2D eigenvalue weighted by atomic mass is 16.3. The van der Waals surface area contributed by atoms with Crippen molar-refractivity contribution >= 4 is 5.91 Å². The number of hydrogen-bond acceptors (Lipinski definition) is 4. The standard InChI is InChI=1S/C13H20N4O2/c1-2-13(19)5-3-4-9-7-17(8-10(9)13)12(18)11-6-14-16-15-11/h6,9-10,19H,2-5,7-8H2,1H3,(H,14,15,16)/t9-,10+,13-/m1/s1. The molecule has 6 heteroatoms. The van der Waals surface area contributed by atoms with Gasteiger partial charge in [-0.05, 0) is 25.2 Å². The van der Waals surface area contributed by atoms with E-state index >= 15 is 0 Å². The number of rotatable bonds is 2. The van der Waals surface area contributed by atoms with Crippen LogP contribution >= 0.6 is 0 Å². The molecule has 1 aromatic rings. The number of carbonyl (C=O) groups is 1. The Kier molecular flexibility index (Phi) is 3.05. The molecular formula is C13H20N4O2. The third-order valence-corrected chi connectivity index (χ3v) is 4.85. The van der Waals surface area contributed by atoms with Crippen molar-refractivity contribution in [1.29, 1.82) is 0 Å². The van der Waals surface area contributed by atoms with Crippen molar-refractivity contribution in [2.24, 2.45) is 11.8 Å². The van der Waals surface area contributed by atoms with Crippen molar-refractivity contribution in [3.63, 3.8) is 0 Å². The normalized spacial score (nSPS) is 34.3. The van der Waals surface area contributed by atoms with Gasteiger partial charge in [-0.1, -0.05) is 13.3 Å². The number of likely N-dealkylation sites (tertiary alicyclic amines) is 1. The largest absolute Gasteiger partial charge is 0.390 e. The summed E-state index contributed by atoms with van der Waals surface area (Å²) >= 11 is 0. The van der Waals surface area contributed by atoms with Crippen LogP contribution in [0.3, 0.4) is 0 Å². The molecule has 1 aliphatic carbocycles. The number of fused-ring (bicyclic) bond motifs is 1. The van der Waals surface area contributed by atoms with Gasteiger partial charge in [-0.25, -0.2) is 0 Å². The zero-order valence-electron chi connectivity index (χ0n) is 11.2. The second-order valence-corrected chi connectivity index (χ2v) is 5.78. The third-order valence-electron chi connectivity index (χ3n) is 4.85. The van der Waals surface area contributed by atoms with Gasteiger partial charge in [-0.15, -0.1) is 0 Å². The third kappa shape index (κ3) is 2.04. The van der Waals surface area contributed by atoms with Gasteiger partial charge < -0.3 is 10.0 Å². The molecule has 1 saturated heterocycles. The van der Waals surface area contributed by atoms with Crippen LogP contribution in [0.4, 0.5) is 0 Å². The maximum absolute atomic E-state index is 12.3. The number of amides is 1. The molecule has 3 atom stereocenters. The quantitative estimate of drug-likeness (QED) is 0.828. The number of aromatic nitrogens is 3. The lowest BCUT2D eigenvalue weighted by molar-refractivity contribution is -0.0609. The molecule has 1 saturated carbocycles. The van der Waals surface area contributed by atoms with Gasteiger partial charge >= 0.3 is 0 Å². The predicted molar refractivity (Wildman–Crippen MR) is 68.4 cm³/mol. The molecule has 104 valence electrons. The molecule has 0 unspecified atom stereocenters. The summed E-state index contributed by atoms with van der Waals surface area (Å²) in [5, 5.41) is 20.7. The SMILES string of the molecule is CC[C@@]1(O)CCC[C@@H]2CN(C(=O)c3cn[nH]n3)C[C@@H]21. The zero-order valence-corrected chi connectivity index (χ0v) is 11.2. The van der Waals surface area contributed by atoms with Gasteiger partial charge in [0.25, 0.3) is 5.91 Å². The molecule has 0 bridgehead atoms. The van der Waals surface area contributed by atoms with Crippen LogP contribution in [-0.2, 0) is 0 Å². The molecule has 2 fully saturated rings. The Bertz CT molecular complexity index is 461. The van der Waals surface area contributed by atoms with Gasteiger partial charge in [0.15, 0.2) is 5.69 Å². The molecule has 0 spiro atoms. The topological polar surface area (TPSA) is 82.1 Å². The fourth-order valence-electron chi connectivity index (χ4n) is 3.70. The fraction of sp³-hybridized carbons (Fsp3) is 0.769. The van der Waals surface area contributed by atoms with Gasteiger partial charge in [-0.3, -0.25) is 4.79 Å². The first-order valence-electron chi connectivity index (χ1n) is 7.01. The molecule has 3 rings (SSSR count). The highest BCUT2D eigenvalue weighted by Gasteiger charge is 2.48. The van der Waals surface area contributed by atoms with Gasteiger partial charge in [0.1, 0.15) is 0 Å². The Morgan fingerprint density at radius 1 is 1.63 bits per heavy atom. The second kappa shape index (κ2) is 4.59. The lowest BCUT2D eigenvalue weighted by Crippen LogP contribution is -2.44. The molecule has 2 aliphatic rings. The zero-order chi connectivity index (χ0) is 13.5. The van der Waals surface area contributed by atoms with E-state index in [2.05, 4.69) is 15.4 Å². The number of nitrogens with zero attached hydrogens (tertiary/aromatic N) is 3. The van der Waals surface area contributed by atoms with Crippen molar-refractivity contribution in [3.8, 4) is 0 Å². The molecular weight excluding hydrogens is 244 g/mol. The van der Waals surface area contributed by atoms with Gasteiger partial charge in [0.2, 0.25) is 0 Å². The summed E-state index contributed by atoms with van der Waals surface area (Å²) in [6.45, 7) is 3.41. The lowest BCUT2D eigenvalue weighted by Gasteiger charge is -2.40. The Morgan fingerprint density at radius 2 is 2.47 bits per heavy atom. The number of carbonyl (C=O) groups excluding carboxylic acids is 1. The average Bonchev–Trinajstić information content (AvgIpc) is 3.08. The van der Waals surface area contributed by atoms with E-state index in [-0.39, 0.29) is 11.8 Å². The summed E-state index contributed by atoms with van der Waals surface area (Å²) in [7, 11) is 0. The highest BCUT2D eigenvalue weighted by molar-refractivity contribution is 5.92. The van der Waals surface area contributed by atoms with E-state index < -0.39 is 5.60 Å². The minimum Gasteiger partial charge on any atom is -0.390 e. The van der Waals surface area contributed by atoms with Crippen molar-refractivity contribution in [2.75, 3.05) is 13.1 Å². The minimum absolute atomic E-state index is 0.0818. The van der Waals surface area contributed by atoms with Crippen LogP contribution in [-0.4, -0.2) is 50.0 Å². The molecule has 2 heterocycles. The summed E-state index contributed by atoms with van der Waals surface area (Å²) in [4.78, 5) is 14.1. The second-order valence-electron chi connectivity index (χ2n) is 5.78. The van der Waals surface area contributed by atoms with Crippen molar-refractivity contribution < 1.29 is 9.90 Å². The first kappa shape index (κ1) is 12.6. The number of hydrogen-bond donors (Lipinski definition) is 2. The van der Waals surface area contributed by atoms with Crippen molar-refractivity contribution in [3.05, 3.63) is 11.9 Å². The maximum atomic E-state index is 12.3. The van der Waals surface area contributed by atoms with Gasteiger partial charge in [0, 0.05) is 19.0 Å². The van der Waals surface area contributed by atoms with Gasteiger partial charge in [0.05, 0.1) is 11.8 Å². The van der Waals surface area contributed by atoms with E-state index in [1.54, 1.807) is 0 Å². The van der Waals surface area contributed by atoms with Crippen LogP contribution in [0.5, 0.6) is 0 Å². The Hall–Kier alpha value is -1.43. The van der Waals surface area contributed by atoms with E-state index in [0.29, 0.717) is 18.2 Å². The predicted octanol–water partition coefficient (Wildman–Crippen LogP) is 0.818. The van der Waals surface area contributed by atoms with Crippen LogP contribution in [0.1, 0.15) is 43.1 Å². The van der Waals surface area contributed by atoms with E-state index in [9.17, 15) is 9.90 Å². The fourth-order valence-corrected chi connectivity index (χ4v) is 3.70. The molecule has 19 heavy (non-hydrogen) atoms. The molecule has 0 aromatic carbocycles.